The third-order valence-electron chi connectivity index (χ3n) is 12.2. The Morgan fingerprint density at radius 2 is 1.70 bits per heavy atom. The number of carbonyl (C=O) groups excluding carboxylic acids is 1. The maximum atomic E-state index is 12.4. The number of hydrogen-bond donors (Lipinski definition) is 3. The molecule has 4 aliphatic rings. The molecule has 8 heteroatoms. The van der Waals surface area contributed by atoms with Gasteiger partial charge in [-0.2, -0.15) is 0 Å². The van der Waals surface area contributed by atoms with Gasteiger partial charge in [0.2, 0.25) is 0 Å². The summed E-state index contributed by atoms with van der Waals surface area (Å²) >= 11 is 0. The number of ether oxygens (including phenoxy) is 1. The first-order valence-electron chi connectivity index (χ1n) is 15.5. The Labute approximate surface area is 240 Å². The molecule has 0 saturated heterocycles. The fourth-order valence-electron chi connectivity index (χ4n) is 10.3. The van der Waals surface area contributed by atoms with Crippen LogP contribution in [0.5, 0.6) is 0 Å². The Morgan fingerprint density at radius 1 is 1.02 bits per heavy atom. The molecule has 0 aromatic heterocycles. The van der Waals surface area contributed by atoms with Crippen LogP contribution in [0.2, 0.25) is 0 Å². The summed E-state index contributed by atoms with van der Waals surface area (Å²) in [7, 11) is -3.95. The van der Waals surface area contributed by atoms with Crippen LogP contribution in [0.15, 0.2) is 35.2 Å². The number of rotatable bonds is 7. The van der Waals surface area contributed by atoms with E-state index in [-0.39, 0.29) is 40.5 Å². The SMILES string of the molecule is CC[C@@H]1C2C[C@H](O)CCC2(C)[C@H]2CCC3(C)[C@@H]([C@H](C)CCOC(=O)NS(=O)(=O)c4ccccc4)CC[C@H]3C2[C@@H]1O. The summed E-state index contributed by atoms with van der Waals surface area (Å²) < 4.78 is 32.2. The zero-order valence-electron chi connectivity index (χ0n) is 24.6. The van der Waals surface area contributed by atoms with Crippen molar-refractivity contribution in [3.8, 4) is 0 Å². The monoisotopic (exact) mass is 575 g/mol. The molecule has 7 nitrogen and oxygen atoms in total. The van der Waals surface area contributed by atoms with E-state index in [2.05, 4.69) is 27.7 Å². The van der Waals surface area contributed by atoms with Gasteiger partial charge < -0.3 is 14.9 Å². The molecule has 11 atom stereocenters. The van der Waals surface area contributed by atoms with Crippen LogP contribution in [-0.2, 0) is 14.8 Å². The summed E-state index contributed by atoms with van der Waals surface area (Å²) in [5, 5.41) is 22.4. The summed E-state index contributed by atoms with van der Waals surface area (Å²) in [5.74, 6) is 2.74. The lowest BCUT2D eigenvalue weighted by Crippen LogP contribution is -2.62. The topological polar surface area (TPSA) is 113 Å². The van der Waals surface area contributed by atoms with Crippen molar-refractivity contribution in [1.29, 1.82) is 0 Å². The van der Waals surface area contributed by atoms with Crippen LogP contribution in [0, 0.1) is 52.3 Å². The highest BCUT2D eigenvalue weighted by Gasteiger charge is 2.64. The van der Waals surface area contributed by atoms with Gasteiger partial charge in [0, 0.05) is 0 Å². The maximum absolute atomic E-state index is 12.4. The van der Waals surface area contributed by atoms with Crippen molar-refractivity contribution in [2.75, 3.05) is 6.61 Å². The van der Waals surface area contributed by atoms with Crippen molar-refractivity contribution in [3.63, 3.8) is 0 Å². The Kier molecular flexibility index (Phi) is 8.37. The van der Waals surface area contributed by atoms with Gasteiger partial charge in [-0.25, -0.2) is 17.9 Å². The van der Waals surface area contributed by atoms with E-state index in [1.807, 2.05) is 4.72 Å². The number of carbonyl (C=O) groups is 1. The van der Waals surface area contributed by atoms with E-state index in [9.17, 15) is 23.4 Å². The number of sulfonamides is 1. The summed E-state index contributed by atoms with van der Waals surface area (Å²) in [5.41, 5.74) is 0.326. The van der Waals surface area contributed by atoms with Crippen LogP contribution >= 0.6 is 0 Å². The number of hydrogen-bond acceptors (Lipinski definition) is 6. The second kappa shape index (κ2) is 11.2. The molecule has 1 aromatic rings. The molecule has 1 aromatic carbocycles. The molecule has 224 valence electrons. The zero-order chi connectivity index (χ0) is 28.9. The van der Waals surface area contributed by atoms with Gasteiger partial charge in [-0.3, -0.25) is 0 Å². The van der Waals surface area contributed by atoms with Gasteiger partial charge in [0.15, 0.2) is 0 Å². The van der Waals surface area contributed by atoms with E-state index in [4.69, 9.17) is 4.74 Å². The van der Waals surface area contributed by atoms with Crippen molar-refractivity contribution >= 4 is 16.1 Å². The van der Waals surface area contributed by atoms with Gasteiger partial charge >= 0.3 is 6.09 Å². The van der Waals surface area contributed by atoms with Crippen LogP contribution in [0.25, 0.3) is 0 Å². The van der Waals surface area contributed by atoms with Gasteiger partial charge in [-0.15, -0.1) is 0 Å². The van der Waals surface area contributed by atoms with Crippen molar-refractivity contribution in [2.24, 2.45) is 52.3 Å². The highest BCUT2D eigenvalue weighted by atomic mass is 32.2. The van der Waals surface area contributed by atoms with Gasteiger partial charge in [0.05, 0.1) is 23.7 Å². The minimum atomic E-state index is -3.95. The average molecular weight is 576 g/mol. The first-order valence-corrected chi connectivity index (χ1v) is 17.0. The Bertz CT molecular complexity index is 1160. The van der Waals surface area contributed by atoms with E-state index >= 15 is 0 Å². The number of aliphatic hydroxyl groups is 2. The van der Waals surface area contributed by atoms with E-state index in [0.717, 1.165) is 51.4 Å². The normalized spacial score (nSPS) is 41.8. The second-order valence-electron chi connectivity index (χ2n) is 13.9. The van der Waals surface area contributed by atoms with Crippen molar-refractivity contribution in [1.82, 2.24) is 4.72 Å². The molecule has 4 fully saturated rings. The Balaban J connectivity index is 1.22. The average Bonchev–Trinajstić information content (AvgIpc) is 3.27. The smallest absolute Gasteiger partial charge is 0.421 e. The predicted molar refractivity (Wildman–Crippen MR) is 154 cm³/mol. The van der Waals surface area contributed by atoms with E-state index in [0.29, 0.717) is 41.9 Å². The highest BCUT2D eigenvalue weighted by Crippen LogP contribution is 2.69. The third-order valence-corrected chi connectivity index (χ3v) is 13.6. The molecule has 0 bridgehead atoms. The molecule has 4 saturated carbocycles. The molecule has 5 rings (SSSR count). The minimum Gasteiger partial charge on any atom is -0.449 e. The molecule has 0 spiro atoms. The summed E-state index contributed by atoms with van der Waals surface area (Å²) in [6.45, 7) is 9.52. The fraction of sp³-hybridized carbons (Fsp3) is 0.781. The third kappa shape index (κ3) is 5.11. The summed E-state index contributed by atoms with van der Waals surface area (Å²) in [4.78, 5) is 12.3. The van der Waals surface area contributed by atoms with Crippen molar-refractivity contribution < 1.29 is 28.2 Å². The zero-order valence-corrected chi connectivity index (χ0v) is 25.4. The van der Waals surface area contributed by atoms with Gasteiger partial charge in [0.25, 0.3) is 10.0 Å². The lowest BCUT2D eigenvalue weighted by Gasteiger charge is -2.64. The minimum absolute atomic E-state index is 0.0284. The maximum Gasteiger partial charge on any atom is 0.421 e. The number of benzene rings is 1. The predicted octanol–water partition coefficient (Wildman–Crippen LogP) is 5.75. The van der Waals surface area contributed by atoms with Gasteiger partial charge in [-0.1, -0.05) is 52.3 Å². The Hall–Kier alpha value is -1.64. The number of fused-ring (bicyclic) bond motifs is 5. The Morgan fingerprint density at radius 3 is 2.40 bits per heavy atom. The molecule has 4 unspecified atom stereocenters. The first-order chi connectivity index (χ1) is 18.9. The van der Waals surface area contributed by atoms with Crippen LogP contribution in [0.1, 0.15) is 85.5 Å². The van der Waals surface area contributed by atoms with Gasteiger partial charge in [-0.05, 0) is 116 Å². The molecular weight excluding hydrogens is 526 g/mol. The number of nitrogens with one attached hydrogen (secondary N) is 1. The van der Waals surface area contributed by atoms with Crippen LogP contribution in [0.3, 0.4) is 0 Å². The van der Waals surface area contributed by atoms with E-state index in [1.165, 1.54) is 12.1 Å². The number of aliphatic hydroxyl groups excluding tert-OH is 2. The number of amides is 1. The second-order valence-corrected chi connectivity index (χ2v) is 15.6. The lowest BCUT2D eigenvalue weighted by molar-refractivity contribution is -0.203. The molecule has 0 aliphatic heterocycles. The molecule has 0 radical (unpaired) electrons. The van der Waals surface area contributed by atoms with Crippen LogP contribution in [0.4, 0.5) is 4.79 Å². The molecule has 0 heterocycles. The van der Waals surface area contributed by atoms with Crippen molar-refractivity contribution in [2.45, 2.75) is 103 Å². The quantitative estimate of drug-likeness (QED) is 0.381. The highest BCUT2D eigenvalue weighted by molar-refractivity contribution is 7.90. The van der Waals surface area contributed by atoms with Crippen LogP contribution in [-0.4, -0.2) is 43.5 Å². The van der Waals surface area contributed by atoms with Crippen molar-refractivity contribution in [3.05, 3.63) is 30.3 Å². The van der Waals surface area contributed by atoms with E-state index < -0.39 is 16.1 Å². The van der Waals surface area contributed by atoms with Crippen LogP contribution < -0.4 is 4.72 Å². The standard InChI is InChI=1S/C32H49NO6S/c1-5-23-27-19-21(34)13-16-32(27,4)26-14-17-31(3)24(11-12-25(31)28(26)29(23)35)20(2)15-18-39-30(36)33-40(37,38)22-9-7-6-8-10-22/h6-10,20-21,23-29,34-35H,5,11-19H2,1-4H3,(H,33,36)/t20-,21-,23-,24-,25+,26+,27?,28?,29-,31?,32?/m1/s1. The molecular formula is C32H49NO6S. The fourth-order valence-corrected chi connectivity index (χ4v) is 11.2. The molecule has 3 N–H and O–H groups in total. The lowest BCUT2D eigenvalue weighted by atomic mass is 9.41. The summed E-state index contributed by atoms with van der Waals surface area (Å²) in [6.07, 6.45) is 7.45. The molecule has 4 aliphatic carbocycles. The largest absolute Gasteiger partial charge is 0.449 e. The van der Waals surface area contributed by atoms with Gasteiger partial charge in [0.1, 0.15) is 0 Å². The summed E-state index contributed by atoms with van der Waals surface area (Å²) in [6, 6.07) is 7.81. The van der Waals surface area contributed by atoms with E-state index in [1.54, 1.807) is 18.2 Å². The molecule has 40 heavy (non-hydrogen) atoms. The molecule has 1 amide bonds. The first kappa shape index (κ1) is 29.8.